The van der Waals surface area contributed by atoms with Gasteiger partial charge in [-0.3, -0.25) is 4.79 Å². The van der Waals surface area contributed by atoms with Gasteiger partial charge in [-0.05, 0) is 31.1 Å². The van der Waals surface area contributed by atoms with Gasteiger partial charge in [-0.2, -0.15) is 0 Å². The minimum atomic E-state index is -0.812. The van der Waals surface area contributed by atoms with E-state index in [2.05, 4.69) is 19.2 Å². The van der Waals surface area contributed by atoms with E-state index in [0.29, 0.717) is 25.7 Å². The first-order valence-electron chi connectivity index (χ1n) is 7.70. The van der Waals surface area contributed by atoms with Crippen molar-refractivity contribution in [2.24, 2.45) is 11.8 Å². The summed E-state index contributed by atoms with van der Waals surface area (Å²) in [5, 5.41) is 11.8. The van der Waals surface area contributed by atoms with Gasteiger partial charge >= 0.3 is 12.0 Å². The van der Waals surface area contributed by atoms with Gasteiger partial charge in [0.15, 0.2) is 0 Å². The highest BCUT2D eigenvalue weighted by atomic mass is 16.5. The molecule has 1 fully saturated rings. The van der Waals surface area contributed by atoms with Crippen LogP contribution in [0.3, 0.4) is 0 Å². The van der Waals surface area contributed by atoms with Gasteiger partial charge in [0.25, 0.3) is 0 Å². The zero-order valence-electron chi connectivity index (χ0n) is 13.3. The number of urea groups is 1. The van der Waals surface area contributed by atoms with E-state index in [1.807, 2.05) is 0 Å². The van der Waals surface area contributed by atoms with E-state index in [9.17, 15) is 9.59 Å². The maximum Gasteiger partial charge on any atom is 0.317 e. The number of amides is 2. The van der Waals surface area contributed by atoms with Crippen molar-refractivity contribution in [3.8, 4) is 0 Å². The molecule has 1 saturated heterocycles. The molecular formula is C15H28N2O4. The van der Waals surface area contributed by atoms with Crippen LogP contribution in [0.1, 0.15) is 39.5 Å². The molecule has 0 radical (unpaired) electrons. The van der Waals surface area contributed by atoms with Gasteiger partial charge in [-0.15, -0.1) is 0 Å². The van der Waals surface area contributed by atoms with E-state index < -0.39 is 5.97 Å². The zero-order valence-corrected chi connectivity index (χ0v) is 13.3. The number of hydrogen-bond donors (Lipinski definition) is 2. The summed E-state index contributed by atoms with van der Waals surface area (Å²) in [5.74, 6) is -0.415. The summed E-state index contributed by atoms with van der Waals surface area (Å²) in [4.78, 5) is 24.7. The fourth-order valence-corrected chi connectivity index (χ4v) is 2.75. The lowest BCUT2D eigenvalue weighted by molar-refractivity contribution is -0.138. The predicted molar refractivity (Wildman–Crippen MR) is 80.2 cm³/mol. The van der Waals surface area contributed by atoms with Crippen molar-refractivity contribution in [1.82, 2.24) is 10.2 Å². The van der Waals surface area contributed by atoms with E-state index in [1.165, 1.54) is 0 Å². The summed E-state index contributed by atoms with van der Waals surface area (Å²) in [6.07, 6.45) is 2.61. The van der Waals surface area contributed by atoms with E-state index in [0.717, 1.165) is 19.3 Å². The van der Waals surface area contributed by atoms with Crippen molar-refractivity contribution in [3.05, 3.63) is 0 Å². The Bertz CT molecular complexity index is 341. The first kappa shape index (κ1) is 17.8. The maximum atomic E-state index is 12.1. The zero-order chi connectivity index (χ0) is 15.8. The lowest BCUT2D eigenvalue weighted by Gasteiger charge is -2.31. The van der Waals surface area contributed by atoms with Crippen molar-refractivity contribution in [2.45, 2.75) is 45.6 Å². The quantitative estimate of drug-likeness (QED) is 0.753. The van der Waals surface area contributed by atoms with Crippen molar-refractivity contribution < 1.29 is 19.4 Å². The largest absolute Gasteiger partial charge is 0.481 e. The van der Waals surface area contributed by atoms with Crippen LogP contribution in [0, 0.1) is 11.8 Å². The topological polar surface area (TPSA) is 78.9 Å². The first-order chi connectivity index (χ1) is 9.90. The van der Waals surface area contributed by atoms with E-state index in [-0.39, 0.29) is 24.4 Å². The van der Waals surface area contributed by atoms with E-state index in [1.54, 1.807) is 11.9 Å². The Balaban J connectivity index is 2.41. The molecule has 0 aromatic heterocycles. The molecule has 0 aliphatic carbocycles. The third-order valence-electron chi connectivity index (χ3n) is 3.87. The summed E-state index contributed by atoms with van der Waals surface area (Å²) < 4.78 is 5.29. The van der Waals surface area contributed by atoms with Crippen LogP contribution >= 0.6 is 0 Å². The number of rotatable bonds is 7. The van der Waals surface area contributed by atoms with E-state index >= 15 is 0 Å². The predicted octanol–water partition coefficient (Wildman–Crippen LogP) is 1.94. The van der Waals surface area contributed by atoms with Crippen molar-refractivity contribution >= 4 is 12.0 Å². The molecule has 1 rings (SSSR count). The minimum absolute atomic E-state index is 0.0189. The second-order valence-electron chi connectivity index (χ2n) is 6.23. The molecule has 6 nitrogen and oxygen atoms in total. The fraction of sp³-hybridized carbons (Fsp3) is 0.867. The molecule has 0 bridgehead atoms. The number of carbonyl (C=O) groups is 2. The average molecular weight is 300 g/mol. The van der Waals surface area contributed by atoms with Gasteiger partial charge < -0.3 is 20.1 Å². The molecule has 1 atom stereocenters. The molecule has 2 amide bonds. The number of ether oxygens (including phenoxy) is 1. The summed E-state index contributed by atoms with van der Waals surface area (Å²) in [6, 6.07) is 0.0859. The molecule has 0 aromatic carbocycles. The third-order valence-corrected chi connectivity index (χ3v) is 3.87. The summed E-state index contributed by atoms with van der Waals surface area (Å²) in [7, 11) is 1.79. The smallest absolute Gasteiger partial charge is 0.317 e. The normalized spacial score (nSPS) is 17.5. The van der Waals surface area contributed by atoms with Crippen LogP contribution < -0.4 is 5.32 Å². The third kappa shape index (κ3) is 6.80. The summed E-state index contributed by atoms with van der Waals surface area (Å²) in [5.41, 5.74) is 0. The number of aliphatic carboxylic acids is 1. The van der Waals surface area contributed by atoms with Crippen LogP contribution in [-0.2, 0) is 9.53 Å². The van der Waals surface area contributed by atoms with Crippen molar-refractivity contribution in [3.63, 3.8) is 0 Å². The lowest BCUT2D eigenvalue weighted by Crippen LogP contribution is -2.47. The average Bonchev–Trinajstić information content (AvgIpc) is 2.43. The molecule has 0 aromatic rings. The highest BCUT2D eigenvalue weighted by Gasteiger charge is 2.23. The standard InChI is InChI=1S/C15H28N2O4/c1-11(2)8-12(9-14(18)19)10-16-15(20)17(3)13-4-6-21-7-5-13/h11-13H,4-10H2,1-3H3,(H,16,20)(H,18,19)/t12-/m0/s1. The monoisotopic (exact) mass is 300 g/mol. The van der Waals surface area contributed by atoms with E-state index in [4.69, 9.17) is 9.84 Å². The van der Waals surface area contributed by atoms with Gasteiger partial charge in [0.2, 0.25) is 0 Å². The SMILES string of the molecule is CC(C)C[C@H](CNC(=O)N(C)C1CCOCC1)CC(=O)O. The molecule has 1 aliphatic rings. The van der Waals surface area contributed by atoms with Crippen molar-refractivity contribution in [1.29, 1.82) is 0 Å². The minimum Gasteiger partial charge on any atom is -0.481 e. The molecule has 1 heterocycles. The summed E-state index contributed by atoms with van der Waals surface area (Å²) in [6.45, 7) is 5.92. The van der Waals surface area contributed by atoms with Crippen LogP contribution in [0.25, 0.3) is 0 Å². The van der Waals surface area contributed by atoms with Gasteiger partial charge in [0.05, 0.1) is 0 Å². The molecule has 0 saturated carbocycles. The molecule has 1 aliphatic heterocycles. The second kappa shape index (κ2) is 8.87. The first-order valence-corrected chi connectivity index (χ1v) is 7.70. The highest BCUT2D eigenvalue weighted by molar-refractivity contribution is 5.74. The van der Waals surface area contributed by atoms with Gasteiger partial charge in [-0.1, -0.05) is 13.8 Å². The van der Waals surface area contributed by atoms with Gasteiger partial charge in [-0.25, -0.2) is 4.79 Å². The Morgan fingerprint density at radius 1 is 1.33 bits per heavy atom. The van der Waals surface area contributed by atoms with Crippen LogP contribution in [-0.4, -0.2) is 54.9 Å². The van der Waals surface area contributed by atoms with Crippen LogP contribution in [0.5, 0.6) is 0 Å². The highest BCUT2D eigenvalue weighted by Crippen LogP contribution is 2.16. The van der Waals surface area contributed by atoms with Gasteiger partial charge in [0, 0.05) is 39.3 Å². The molecule has 0 unspecified atom stereocenters. The number of carboxylic acid groups (broad SMARTS) is 1. The second-order valence-corrected chi connectivity index (χ2v) is 6.23. The Morgan fingerprint density at radius 3 is 2.48 bits per heavy atom. The van der Waals surface area contributed by atoms with Crippen LogP contribution in [0.2, 0.25) is 0 Å². The lowest BCUT2D eigenvalue weighted by atomic mass is 9.94. The fourth-order valence-electron chi connectivity index (χ4n) is 2.75. The maximum absolute atomic E-state index is 12.1. The molecular weight excluding hydrogens is 272 g/mol. The number of carboxylic acids is 1. The molecule has 0 spiro atoms. The number of nitrogens with one attached hydrogen (secondary N) is 1. The Hall–Kier alpha value is -1.30. The molecule has 21 heavy (non-hydrogen) atoms. The molecule has 122 valence electrons. The molecule has 2 N–H and O–H groups in total. The number of hydrogen-bond acceptors (Lipinski definition) is 3. The van der Waals surface area contributed by atoms with Crippen LogP contribution in [0.4, 0.5) is 4.79 Å². The number of carbonyl (C=O) groups excluding carboxylic acids is 1. The summed E-state index contributed by atoms with van der Waals surface area (Å²) >= 11 is 0. The Labute approximate surface area is 126 Å². The Morgan fingerprint density at radius 2 is 1.95 bits per heavy atom. The Kier molecular flexibility index (Phi) is 7.50. The number of nitrogens with zero attached hydrogens (tertiary/aromatic N) is 1. The van der Waals surface area contributed by atoms with Gasteiger partial charge in [0.1, 0.15) is 0 Å². The van der Waals surface area contributed by atoms with Crippen molar-refractivity contribution in [2.75, 3.05) is 26.8 Å². The molecule has 6 heteroatoms. The van der Waals surface area contributed by atoms with Crippen LogP contribution in [0.15, 0.2) is 0 Å².